The molecule has 0 heterocycles. The molecule has 0 bridgehead atoms. The highest BCUT2D eigenvalue weighted by Crippen LogP contribution is 2.24. The molecule has 0 aromatic heterocycles. The van der Waals surface area contributed by atoms with Gasteiger partial charge in [-0.15, -0.1) is 0 Å². The molecule has 1 amide bonds. The quantitative estimate of drug-likeness (QED) is 0.670. The number of carbonyl (C=O) groups excluding carboxylic acids is 1. The van der Waals surface area contributed by atoms with E-state index in [-0.39, 0.29) is 12.5 Å². The summed E-state index contributed by atoms with van der Waals surface area (Å²) in [4.78, 5) is 12.5. The molecule has 27 heavy (non-hydrogen) atoms. The van der Waals surface area contributed by atoms with Crippen LogP contribution in [0.2, 0.25) is 0 Å². The Bertz CT molecular complexity index is 909. The zero-order chi connectivity index (χ0) is 19.1. The third-order valence-corrected chi connectivity index (χ3v) is 4.01. The second kappa shape index (κ2) is 8.76. The lowest BCUT2D eigenvalue weighted by Gasteiger charge is -2.13. The van der Waals surface area contributed by atoms with E-state index in [1.807, 2.05) is 48.5 Å². The van der Waals surface area contributed by atoms with Crippen LogP contribution in [0.25, 0.3) is 0 Å². The Hall–Kier alpha value is -3.47. The molecule has 0 aliphatic carbocycles. The standard InChI is InChI=1S/C22H21NO4/c1-25-19-9-6-10-20(14-19)27-15-17-13-16(11-12-21(17)26-2)22(24)23-18-7-4-3-5-8-18/h3-14H,15H2,1-2H3,(H,23,24). The molecule has 1 N–H and O–H groups in total. The van der Waals surface area contributed by atoms with Gasteiger partial charge in [0.2, 0.25) is 0 Å². The van der Waals surface area contributed by atoms with Gasteiger partial charge in [-0.1, -0.05) is 24.3 Å². The molecule has 5 heteroatoms. The molecule has 3 aromatic rings. The smallest absolute Gasteiger partial charge is 0.255 e. The molecule has 0 atom stereocenters. The van der Waals surface area contributed by atoms with Crippen molar-refractivity contribution in [1.82, 2.24) is 0 Å². The average Bonchev–Trinajstić information content (AvgIpc) is 2.73. The normalized spacial score (nSPS) is 10.1. The van der Waals surface area contributed by atoms with Crippen LogP contribution in [0.1, 0.15) is 15.9 Å². The van der Waals surface area contributed by atoms with Crippen molar-refractivity contribution in [3.05, 3.63) is 83.9 Å². The predicted molar refractivity (Wildman–Crippen MR) is 105 cm³/mol. The monoisotopic (exact) mass is 363 g/mol. The van der Waals surface area contributed by atoms with E-state index in [9.17, 15) is 4.79 Å². The summed E-state index contributed by atoms with van der Waals surface area (Å²) in [7, 11) is 3.20. The van der Waals surface area contributed by atoms with Crippen molar-refractivity contribution in [2.24, 2.45) is 0 Å². The first-order chi connectivity index (χ1) is 13.2. The van der Waals surface area contributed by atoms with Gasteiger partial charge in [-0.2, -0.15) is 0 Å². The minimum atomic E-state index is -0.188. The Labute approximate surface area is 158 Å². The number of hydrogen-bond acceptors (Lipinski definition) is 4. The number of hydrogen-bond donors (Lipinski definition) is 1. The van der Waals surface area contributed by atoms with Crippen molar-refractivity contribution in [2.45, 2.75) is 6.61 Å². The van der Waals surface area contributed by atoms with E-state index in [1.165, 1.54) is 0 Å². The fourth-order valence-corrected chi connectivity index (χ4v) is 2.61. The lowest BCUT2D eigenvalue weighted by Crippen LogP contribution is -2.12. The molecule has 138 valence electrons. The third-order valence-electron chi connectivity index (χ3n) is 4.01. The number of methoxy groups -OCH3 is 2. The SMILES string of the molecule is COc1cccc(OCc2cc(C(=O)Nc3ccccc3)ccc2OC)c1. The lowest BCUT2D eigenvalue weighted by atomic mass is 10.1. The number of benzene rings is 3. The first-order valence-corrected chi connectivity index (χ1v) is 8.50. The molecule has 0 fully saturated rings. The Morgan fingerprint density at radius 3 is 2.37 bits per heavy atom. The van der Waals surface area contributed by atoms with E-state index >= 15 is 0 Å². The summed E-state index contributed by atoms with van der Waals surface area (Å²) in [5, 5.41) is 2.87. The van der Waals surface area contributed by atoms with Crippen LogP contribution in [-0.2, 0) is 6.61 Å². The van der Waals surface area contributed by atoms with Gasteiger partial charge < -0.3 is 19.5 Å². The van der Waals surface area contributed by atoms with Crippen molar-refractivity contribution < 1.29 is 19.0 Å². The topological polar surface area (TPSA) is 56.8 Å². The Kier molecular flexibility index (Phi) is 5.94. The van der Waals surface area contributed by atoms with Gasteiger partial charge in [0.1, 0.15) is 23.9 Å². The predicted octanol–water partition coefficient (Wildman–Crippen LogP) is 4.54. The first-order valence-electron chi connectivity index (χ1n) is 8.50. The minimum absolute atomic E-state index is 0.188. The van der Waals surface area contributed by atoms with Crippen molar-refractivity contribution in [1.29, 1.82) is 0 Å². The summed E-state index contributed by atoms with van der Waals surface area (Å²) in [6.07, 6.45) is 0. The van der Waals surface area contributed by atoms with Crippen LogP contribution < -0.4 is 19.5 Å². The Balaban J connectivity index is 1.75. The second-order valence-corrected chi connectivity index (χ2v) is 5.81. The maximum absolute atomic E-state index is 12.5. The molecule has 0 saturated carbocycles. The van der Waals surface area contributed by atoms with Crippen LogP contribution in [0.3, 0.4) is 0 Å². The molecule has 3 aromatic carbocycles. The Morgan fingerprint density at radius 1 is 0.852 bits per heavy atom. The van der Waals surface area contributed by atoms with Crippen molar-refractivity contribution in [3.8, 4) is 17.2 Å². The molecule has 3 rings (SSSR count). The Morgan fingerprint density at radius 2 is 1.63 bits per heavy atom. The molecule has 0 aliphatic heterocycles. The van der Waals surface area contributed by atoms with E-state index in [0.717, 1.165) is 17.0 Å². The van der Waals surface area contributed by atoms with Crippen LogP contribution in [-0.4, -0.2) is 20.1 Å². The molecular weight excluding hydrogens is 342 g/mol. The number of amides is 1. The summed E-state index contributed by atoms with van der Waals surface area (Å²) in [6.45, 7) is 0.267. The molecule has 0 aliphatic rings. The highest BCUT2D eigenvalue weighted by Gasteiger charge is 2.11. The molecule has 0 spiro atoms. The summed E-state index contributed by atoms with van der Waals surface area (Å²) >= 11 is 0. The van der Waals surface area contributed by atoms with Gasteiger partial charge in [0.25, 0.3) is 5.91 Å². The number of ether oxygens (including phenoxy) is 3. The van der Waals surface area contributed by atoms with Gasteiger partial charge in [-0.05, 0) is 42.5 Å². The van der Waals surface area contributed by atoms with Crippen LogP contribution in [0.15, 0.2) is 72.8 Å². The van der Waals surface area contributed by atoms with Crippen LogP contribution >= 0.6 is 0 Å². The van der Waals surface area contributed by atoms with E-state index < -0.39 is 0 Å². The van der Waals surface area contributed by atoms with Crippen LogP contribution in [0.4, 0.5) is 5.69 Å². The van der Waals surface area contributed by atoms with Crippen LogP contribution in [0, 0.1) is 0 Å². The van der Waals surface area contributed by atoms with E-state index in [0.29, 0.717) is 17.1 Å². The summed E-state index contributed by atoms with van der Waals surface area (Å²) in [5.41, 5.74) is 2.05. The van der Waals surface area contributed by atoms with E-state index in [2.05, 4.69) is 5.32 Å². The fraction of sp³-hybridized carbons (Fsp3) is 0.136. The second-order valence-electron chi connectivity index (χ2n) is 5.81. The molecule has 0 saturated heterocycles. The largest absolute Gasteiger partial charge is 0.497 e. The van der Waals surface area contributed by atoms with Crippen LogP contribution in [0.5, 0.6) is 17.2 Å². The average molecular weight is 363 g/mol. The van der Waals surface area contributed by atoms with Gasteiger partial charge in [0.05, 0.1) is 14.2 Å². The highest BCUT2D eigenvalue weighted by molar-refractivity contribution is 6.04. The minimum Gasteiger partial charge on any atom is -0.497 e. The van der Waals surface area contributed by atoms with Gasteiger partial charge in [-0.3, -0.25) is 4.79 Å². The van der Waals surface area contributed by atoms with Crippen molar-refractivity contribution in [3.63, 3.8) is 0 Å². The number of carbonyl (C=O) groups is 1. The van der Waals surface area contributed by atoms with Gasteiger partial charge >= 0.3 is 0 Å². The molecule has 5 nitrogen and oxygen atoms in total. The van der Waals surface area contributed by atoms with E-state index in [4.69, 9.17) is 14.2 Å². The molecule has 0 unspecified atom stereocenters. The first kappa shape index (κ1) is 18.3. The zero-order valence-electron chi connectivity index (χ0n) is 15.3. The maximum Gasteiger partial charge on any atom is 0.255 e. The number of para-hydroxylation sites is 1. The number of nitrogens with one attached hydrogen (secondary N) is 1. The van der Waals surface area contributed by atoms with Crippen molar-refractivity contribution >= 4 is 11.6 Å². The summed E-state index contributed by atoms with van der Waals surface area (Å²) in [5.74, 6) is 1.87. The third kappa shape index (κ3) is 4.79. The van der Waals surface area contributed by atoms with Gasteiger partial charge in [0.15, 0.2) is 0 Å². The number of rotatable bonds is 7. The van der Waals surface area contributed by atoms with Gasteiger partial charge in [0, 0.05) is 22.9 Å². The number of anilines is 1. The molecular formula is C22H21NO4. The fourth-order valence-electron chi connectivity index (χ4n) is 2.61. The summed E-state index contributed by atoms with van der Waals surface area (Å²) < 4.78 is 16.4. The summed E-state index contributed by atoms with van der Waals surface area (Å²) in [6, 6.07) is 22.0. The lowest BCUT2D eigenvalue weighted by molar-refractivity contribution is 0.102. The zero-order valence-corrected chi connectivity index (χ0v) is 15.3. The molecule has 0 radical (unpaired) electrons. The van der Waals surface area contributed by atoms with Gasteiger partial charge in [-0.25, -0.2) is 0 Å². The highest BCUT2D eigenvalue weighted by atomic mass is 16.5. The maximum atomic E-state index is 12.5. The van der Waals surface area contributed by atoms with E-state index in [1.54, 1.807) is 38.5 Å². The van der Waals surface area contributed by atoms with Crippen molar-refractivity contribution in [2.75, 3.05) is 19.5 Å².